The van der Waals surface area contributed by atoms with Gasteiger partial charge < -0.3 is 15.3 Å². The van der Waals surface area contributed by atoms with Crippen molar-refractivity contribution in [3.05, 3.63) is 29.8 Å². The van der Waals surface area contributed by atoms with E-state index in [0.29, 0.717) is 11.3 Å². The van der Waals surface area contributed by atoms with Crippen LogP contribution in [0.25, 0.3) is 0 Å². The Labute approximate surface area is 158 Å². The van der Waals surface area contributed by atoms with Crippen molar-refractivity contribution < 1.29 is 19.5 Å². The van der Waals surface area contributed by atoms with Gasteiger partial charge in [-0.25, -0.2) is 0 Å². The number of carbonyl (C=O) groups is 3. The zero-order valence-corrected chi connectivity index (χ0v) is 15.4. The van der Waals surface area contributed by atoms with Crippen molar-refractivity contribution in [2.45, 2.75) is 38.5 Å². The lowest BCUT2D eigenvalue weighted by Crippen LogP contribution is -2.37. The van der Waals surface area contributed by atoms with Gasteiger partial charge in [0.25, 0.3) is 5.91 Å². The van der Waals surface area contributed by atoms with E-state index in [-0.39, 0.29) is 23.7 Å². The number of anilines is 1. The maximum atomic E-state index is 12.7. The van der Waals surface area contributed by atoms with Crippen LogP contribution < -0.4 is 5.32 Å². The molecule has 3 fully saturated rings. The molecule has 0 unspecified atom stereocenters. The predicted molar refractivity (Wildman–Crippen MR) is 100 cm³/mol. The van der Waals surface area contributed by atoms with E-state index in [4.69, 9.17) is 0 Å². The molecule has 2 N–H and O–H groups in total. The largest absolute Gasteiger partial charge is 0.481 e. The molecule has 27 heavy (non-hydrogen) atoms. The maximum absolute atomic E-state index is 12.7. The molecule has 4 atom stereocenters. The summed E-state index contributed by atoms with van der Waals surface area (Å²) < 4.78 is 0. The molecule has 0 spiro atoms. The quantitative estimate of drug-likeness (QED) is 0.853. The van der Waals surface area contributed by atoms with Gasteiger partial charge in [0, 0.05) is 24.3 Å². The summed E-state index contributed by atoms with van der Waals surface area (Å²) in [7, 11) is 0. The summed E-state index contributed by atoms with van der Waals surface area (Å²) in [5.74, 6) is -1.73. The standard InChI is InChI=1S/C21H26N2O4/c24-19(17-14-4-5-15(12-14)18(17)21(26)27)22-16-8-6-13(7-9-16)20(25)23-10-2-1-3-11-23/h6-9,14-15,17-18H,1-5,10-12H2,(H,22,24)(H,26,27)/t14-,15+,17+,18+/m1/s1. The van der Waals surface area contributed by atoms with Crippen LogP contribution in [0.3, 0.4) is 0 Å². The van der Waals surface area contributed by atoms with Crippen molar-refractivity contribution in [1.29, 1.82) is 0 Å². The molecule has 0 aromatic heterocycles. The highest BCUT2D eigenvalue weighted by Gasteiger charge is 2.53. The molecule has 1 aromatic carbocycles. The highest BCUT2D eigenvalue weighted by Crippen LogP contribution is 2.52. The fraction of sp³-hybridized carbons (Fsp3) is 0.571. The Kier molecular flexibility index (Phi) is 4.89. The predicted octanol–water partition coefficient (Wildman–Crippen LogP) is 3.00. The van der Waals surface area contributed by atoms with E-state index >= 15 is 0 Å². The van der Waals surface area contributed by atoms with Crippen LogP contribution in [0.4, 0.5) is 5.69 Å². The van der Waals surface area contributed by atoms with E-state index in [1.807, 2.05) is 4.90 Å². The molecule has 4 rings (SSSR count). The van der Waals surface area contributed by atoms with Crippen LogP contribution >= 0.6 is 0 Å². The zero-order chi connectivity index (χ0) is 19.0. The summed E-state index contributed by atoms with van der Waals surface area (Å²) >= 11 is 0. The number of hydrogen-bond acceptors (Lipinski definition) is 3. The number of carboxylic acids is 1. The highest BCUT2D eigenvalue weighted by molar-refractivity contribution is 5.97. The molecule has 3 aliphatic rings. The number of hydrogen-bond donors (Lipinski definition) is 2. The molecule has 6 nitrogen and oxygen atoms in total. The number of nitrogens with zero attached hydrogens (tertiary/aromatic N) is 1. The van der Waals surface area contributed by atoms with E-state index in [1.54, 1.807) is 24.3 Å². The first-order valence-electron chi connectivity index (χ1n) is 9.97. The lowest BCUT2D eigenvalue weighted by Gasteiger charge is -2.27. The first kappa shape index (κ1) is 18.0. The molecule has 1 saturated heterocycles. The van der Waals surface area contributed by atoms with Crippen LogP contribution in [0.2, 0.25) is 0 Å². The first-order chi connectivity index (χ1) is 13.0. The smallest absolute Gasteiger partial charge is 0.307 e. The second-order valence-corrected chi connectivity index (χ2v) is 8.14. The fourth-order valence-electron chi connectivity index (χ4n) is 5.23. The minimum Gasteiger partial charge on any atom is -0.481 e. The van der Waals surface area contributed by atoms with Crippen molar-refractivity contribution in [3.63, 3.8) is 0 Å². The maximum Gasteiger partial charge on any atom is 0.307 e. The van der Waals surface area contributed by atoms with Crippen LogP contribution in [0.5, 0.6) is 0 Å². The van der Waals surface area contributed by atoms with Crippen LogP contribution in [0.15, 0.2) is 24.3 Å². The number of likely N-dealkylation sites (tertiary alicyclic amines) is 1. The third kappa shape index (κ3) is 3.45. The van der Waals surface area contributed by atoms with Gasteiger partial charge in [0.15, 0.2) is 0 Å². The van der Waals surface area contributed by atoms with Crippen molar-refractivity contribution >= 4 is 23.5 Å². The molecule has 2 aliphatic carbocycles. The number of rotatable bonds is 4. The summed E-state index contributed by atoms with van der Waals surface area (Å²) in [6.45, 7) is 1.61. The van der Waals surface area contributed by atoms with E-state index in [9.17, 15) is 19.5 Å². The molecule has 1 aliphatic heterocycles. The third-order valence-corrected chi connectivity index (χ3v) is 6.55. The van der Waals surface area contributed by atoms with E-state index < -0.39 is 17.8 Å². The van der Waals surface area contributed by atoms with Gasteiger partial charge in [0.05, 0.1) is 11.8 Å². The summed E-state index contributed by atoms with van der Waals surface area (Å²) in [4.78, 5) is 38.7. The number of fused-ring (bicyclic) bond motifs is 2. The van der Waals surface area contributed by atoms with Gasteiger partial charge in [0.2, 0.25) is 5.91 Å². The van der Waals surface area contributed by atoms with Crippen molar-refractivity contribution in [2.24, 2.45) is 23.7 Å². The number of piperidine rings is 1. The average molecular weight is 370 g/mol. The zero-order valence-electron chi connectivity index (χ0n) is 15.4. The molecule has 2 saturated carbocycles. The second-order valence-electron chi connectivity index (χ2n) is 8.14. The molecular weight excluding hydrogens is 344 g/mol. The van der Waals surface area contributed by atoms with Crippen LogP contribution in [0, 0.1) is 23.7 Å². The molecule has 0 radical (unpaired) electrons. The Bertz CT molecular complexity index is 739. The van der Waals surface area contributed by atoms with E-state index in [2.05, 4.69) is 5.32 Å². The number of carbonyl (C=O) groups excluding carboxylic acids is 2. The third-order valence-electron chi connectivity index (χ3n) is 6.55. The molecule has 1 heterocycles. The average Bonchev–Trinajstić information content (AvgIpc) is 3.30. The monoisotopic (exact) mass is 370 g/mol. The van der Waals surface area contributed by atoms with Gasteiger partial charge in [-0.1, -0.05) is 0 Å². The lowest BCUT2D eigenvalue weighted by atomic mass is 9.78. The number of nitrogens with one attached hydrogen (secondary N) is 1. The molecular formula is C21H26N2O4. The Morgan fingerprint density at radius 1 is 0.926 bits per heavy atom. The highest BCUT2D eigenvalue weighted by atomic mass is 16.4. The molecule has 6 heteroatoms. The summed E-state index contributed by atoms with van der Waals surface area (Å²) in [6, 6.07) is 6.94. The number of amides is 2. The van der Waals surface area contributed by atoms with Crippen LogP contribution in [-0.4, -0.2) is 40.9 Å². The van der Waals surface area contributed by atoms with Crippen LogP contribution in [0.1, 0.15) is 48.9 Å². The van der Waals surface area contributed by atoms with Gasteiger partial charge in [-0.05, 0) is 74.6 Å². The molecule has 144 valence electrons. The Morgan fingerprint density at radius 2 is 1.56 bits per heavy atom. The SMILES string of the molecule is O=C(O)[C@H]1[C@H]2CC[C@H](C2)[C@@H]1C(=O)Nc1ccc(C(=O)N2CCCCC2)cc1. The normalized spacial score (nSPS) is 29.6. The summed E-state index contributed by atoms with van der Waals surface area (Å²) in [5.41, 5.74) is 1.24. The van der Waals surface area contributed by atoms with E-state index in [0.717, 1.165) is 45.2 Å². The van der Waals surface area contributed by atoms with Crippen molar-refractivity contribution in [3.8, 4) is 0 Å². The molecule has 2 bridgehead atoms. The minimum atomic E-state index is -0.857. The van der Waals surface area contributed by atoms with Crippen molar-refractivity contribution in [2.75, 3.05) is 18.4 Å². The van der Waals surface area contributed by atoms with Gasteiger partial charge >= 0.3 is 5.97 Å². The van der Waals surface area contributed by atoms with Gasteiger partial charge in [-0.2, -0.15) is 0 Å². The topological polar surface area (TPSA) is 86.7 Å². The molecule has 2 amide bonds. The van der Waals surface area contributed by atoms with Gasteiger partial charge in [-0.3, -0.25) is 14.4 Å². The second kappa shape index (κ2) is 7.33. The minimum absolute atomic E-state index is 0.0339. The number of benzene rings is 1. The number of carboxylic acid groups (broad SMARTS) is 1. The van der Waals surface area contributed by atoms with Gasteiger partial charge in [0.1, 0.15) is 0 Å². The lowest BCUT2D eigenvalue weighted by molar-refractivity contribution is -0.148. The first-order valence-corrected chi connectivity index (χ1v) is 9.97. The Balaban J connectivity index is 1.41. The van der Waals surface area contributed by atoms with E-state index in [1.165, 1.54) is 6.42 Å². The van der Waals surface area contributed by atoms with Crippen LogP contribution in [-0.2, 0) is 9.59 Å². The number of aliphatic carboxylic acids is 1. The molecule has 1 aromatic rings. The summed E-state index contributed by atoms with van der Waals surface area (Å²) in [6.07, 6.45) is 5.98. The van der Waals surface area contributed by atoms with Crippen molar-refractivity contribution in [1.82, 2.24) is 4.90 Å². The Hall–Kier alpha value is -2.37. The van der Waals surface area contributed by atoms with Gasteiger partial charge in [-0.15, -0.1) is 0 Å². The Morgan fingerprint density at radius 3 is 2.19 bits per heavy atom. The fourth-order valence-corrected chi connectivity index (χ4v) is 5.23. The summed E-state index contributed by atoms with van der Waals surface area (Å²) in [5, 5.41) is 12.4.